The SMILES string of the molecule is Cc1cc(Nc2cc(-c3ccccc3)nc(NC3CC3)n2)ccc1Br. The molecule has 0 saturated heterocycles. The second kappa shape index (κ2) is 6.84. The van der Waals surface area contributed by atoms with Crippen molar-refractivity contribution < 1.29 is 0 Å². The fraction of sp³-hybridized carbons (Fsp3) is 0.200. The van der Waals surface area contributed by atoms with Gasteiger partial charge in [-0.1, -0.05) is 46.3 Å². The number of rotatable bonds is 5. The van der Waals surface area contributed by atoms with Gasteiger partial charge in [-0.15, -0.1) is 0 Å². The molecule has 1 heterocycles. The first-order chi connectivity index (χ1) is 12.2. The highest BCUT2D eigenvalue weighted by atomic mass is 79.9. The van der Waals surface area contributed by atoms with Crippen LogP contribution in [0.2, 0.25) is 0 Å². The molecule has 1 aromatic heterocycles. The van der Waals surface area contributed by atoms with Crippen molar-refractivity contribution in [1.29, 1.82) is 0 Å². The molecule has 1 aliphatic rings. The fourth-order valence-electron chi connectivity index (χ4n) is 2.61. The molecule has 25 heavy (non-hydrogen) atoms. The number of nitrogens with zero attached hydrogens (tertiary/aromatic N) is 2. The normalized spacial score (nSPS) is 13.5. The molecule has 0 spiro atoms. The average molecular weight is 395 g/mol. The monoisotopic (exact) mass is 394 g/mol. The Hall–Kier alpha value is -2.40. The predicted molar refractivity (Wildman–Crippen MR) is 106 cm³/mol. The van der Waals surface area contributed by atoms with Crippen LogP contribution in [0, 0.1) is 6.92 Å². The molecular weight excluding hydrogens is 376 g/mol. The Bertz CT molecular complexity index is 891. The Morgan fingerprint density at radius 1 is 1.00 bits per heavy atom. The number of nitrogens with one attached hydrogen (secondary N) is 2. The molecule has 2 aromatic carbocycles. The summed E-state index contributed by atoms with van der Waals surface area (Å²) in [6, 6.07) is 18.9. The van der Waals surface area contributed by atoms with Gasteiger partial charge in [-0.05, 0) is 43.5 Å². The zero-order valence-electron chi connectivity index (χ0n) is 14.0. The third-order valence-corrected chi connectivity index (χ3v) is 5.03. The van der Waals surface area contributed by atoms with E-state index in [1.807, 2.05) is 36.4 Å². The molecule has 0 aliphatic heterocycles. The number of aromatic nitrogens is 2. The molecule has 3 aromatic rings. The fourth-order valence-corrected chi connectivity index (χ4v) is 2.86. The number of hydrogen-bond acceptors (Lipinski definition) is 4. The lowest BCUT2D eigenvalue weighted by atomic mass is 10.1. The smallest absolute Gasteiger partial charge is 0.225 e. The second-order valence-electron chi connectivity index (χ2n) is 6.34. The van der Waals surface area contributed by atoms with E-state index in [0.29, 0.717) is 12.0 Å². The van der Waals surface area contributed by atoms with Crippen LogP contribution in [0.15, 0.2) is 59.1 Å². The van der Waals surface area contributed by atoms with Crippen molar-refractivity contribution in [2.45, 2.75) is 25.8 Å². The van der Waals surface area contributed by atoms with Crippen molar-refractivity contribution in [2.75, 3.05) is 10.6 Å². The minimum Gasteiger partial charge on any atom is -0.351 e. The van der Waals surface area contributed by atoms with Crippen LogP contribution in [0.3, 0.4) is 0 Å². The van der Waals surface area contributed by atoms with Gasteiger partial charge < -0.3 is 10.6 Å². The van der Waals surface area contributed by atoms with Gasteiger partial charge in [0, 0.05) is 27.8 Å². The van der Waals surface area contributed by atoms with E-state index in [-0.39, 0.29) is 0 Å². The molecule has 1 aliphatic carbocycles. The molecule has 0 unspecified atom stereocenters. The summed E-state index contributed by atoms with van der Waals surface area (Å²) in [6.07, 6.45) is 2.38. The van der Waals surface area contributed by atoms with Gasteiger partial charge in [0.2, 0.25) is 5.95 Å². The van der Waals surface area contributed by atoms with Crippen LogP contribution in [-0.2, 0) is 0 Å². The van der Waals surface area contributed by atoms with Gasteiger partial charge in [-0.2, -0.15) is 4.98 Å². The molecule has 1 fully saturated rings. The Morgan fingerprint density at radius 3 is 2.52 bits per heavy atom. The van der Waals surface area contributed by atoms with E-state index in [9.17, 15) is 0 Å². The van der Waals surface area contributed by atoms with E-state index in [0.717, 1.165) is 27.2 Å². The molecule has 2 N–H and O–H groups in total. The number of benzene rings is 2. The molecule has 1 saturated carbocycles. The summed E-state index contributed by atoms with van der Waals surface area (Å²) in [5, 5.41) is 6.81. The topological polar surface area (TPSA) is 49.8 Å². The number of anilines is 3. The zero-order valence-corrected chi connectivity index (χ0v) is 15.5. The summed E-state index contributed by atoms with van der Waals surface area (Å²) < 4.78 is 1.10. The van der Waals surface area contributed by atoms with E-state index < -0.39 is 0 Å². The summed E-state index contributed by atoms with van der Waals surface area (Å²) in [5.41, 5.74) is 4.18. The quantitative estimate of drug-likeness (QED) is 0.596. The van der Waals surface area contributed by atoms with Crippen molar-refractivity contribution in [3.05, 3.63) is 64.6 Å². The highest BCUT2D eigenvalue weighted by molar-refractivity contribution is 9.10. The first-order valence-corrected chi connectivity index (χ1v) is 9.21. The third-order valence-electron chi connectivity index (χ3n) is 4.14. The van der Waals surface area contributed by atoms with E-state index >= 15 is 0 Å². The van der Waals surface area contributed by atoms with Crippen LogP contribution < -0.4 is 10.6 Å². The summed E-state index contributed by atoms with van der Waals surface area (Å²) in [5.74, 6) is 1.47. The lowest BCUT2D eigenvalue weighted by molar-refractivity contribution is 1.06. The minimum atomic E-state index is 0.508. The molecule has 4 rings (SSSR count). The lowest BCUT2D eigenvalue weighted by Gasteiger charge is -2.12. The van der Waals surface area contributed by atoms with Crippen LogP contribution in [0.25, 0.3) is 11.3 Å². The van der Waals surface area contributed by atoms with Gasteiger partial charge in [0.1, 0.15) is 5.82 Å². The second-order valence-corrected chi connectivity index (χ2v) is 7.19. The van der Waals surface area contributed by atoms with Crippen LogP contribution in [0.5, 0.6) is 0 Å². The van der Waals surface area contributed by atoms with Crippen LogP contribution in [-0.4, -0.2) is 16.0 Å². The molecule has 0 bridgehead atoms. The van der Waals surface area contributed by atoms with Crippen LogP contribution >= 0.6 is 15.9 Å². The minimum absolute atomic E-state index is 0.508. The van der Waals surface area contributed by atoms with Gasteiger partial charge in [-0.3, -0.25) is 0 Å². The Balaban J connectivity index is 1.68. The van der Waals surface area contributed by atoms with Gasteiger partial charge in [0.15, 0.2) is 0 Å². The summed E-state index contributed by atoms with van der Waals surface area (Å²) in [4.78, 5) is 9.33. The maximum atomic E-state index is 4.69. The first kappa shape index (κ1) is 16.1. The van der Waals surface area contributed by atoms with Crippen LogP contribution in [0.1, 0.15) is 18.4 Å². The molecule has 0 radical (unpaired) electrons. The van der Waals surface area contributed by atoms with Gasteiger partial charge >= 0.3 is 0 Å². The maximum Gasteiger partial charge on any atom is 0.225 e. The van der Waals surface area contributed by atoms with Crippen molar-refractivity contribution in [2.24, 2.45) is 0 Å². The number of halogens is 1. The van der Waals surface area contributed by atoms with E-state index in [2.05, 4.69) is 61.7 Å². The summed E-state index contributed by atoms with van der Waals surface area (Å²) >= 11 is 3.54. The largest absolute Gasteiger partial charge is 0.351 e. The highest BCUT2D eigenvalue weighted by Gasteiger charge is 2.22. The molecule has 126 valence electrons. The van der Waals surface area contributed by atoms with Crippen molar-refractivity contribution in [3.8, 4) is 11.3 Å². The van der Waals surface area contributed by atoms with Gasteiger partial charge in [-0.25, -0.2) is 4.98 Å². The van der Waals surface area contributed by atoms with E-state index in [4.69, 9.17) is 0 Å². The van der Waals surface area contributed by atoms with Crippen molar-refractivity contribution in [3.63, 3.8) is 0 Å². The average Bonchev–Trinajstić information content (AvgIpc) is 3.43. The lowest BCUT2D eigenvalue weighted by Crippen LogP contribution is -2.07. The predicted octanol–water partition coefficient (Wildman–Crippen LogP) is 5.53. The van der Waals surface area contributed by atoms with Crippen molar-refractivity contribution in [1.82, 2.24) is 9.97 Å². The number of aryl methyl sites for hydroxylation is 1. The van der Waals surface area contributed by atoms with Gasteiger partial charge in [0.05, 0.1) is 5.69 Å². The zero-order chi connectivity index (χ0) is 17.2. The van der Waals surface area contributed by atoms with Crippen LogP contribution in [0.4, 0.5) is 17.5 Å². The van der Waals surface area contributed by atoms with E-state index in [1.165, 1.54) is 18.4 Å². The van der Waals surface area contributed by atoms with Gasteiger partial charge in [0.25, 0.3) is 0 Å². The summed E-state index contributed by atoms with van der Waals surface area (Å²) in [7, 11) is 0. The Morgan fingerprint density at radius 2 is 1.80 bits per heavy atom. The Labute approximate surface area is 155 Å². The highest BCUT2D eigenvalue weighted by Crippen LogP contribution is 2.28. The molecule has 5 heteroatoms. The molecule has 0 amide bonds. The Kier molecular flexibility index (Phi) is 4.40. The molecule has 4 nitrogen and oxygen atoms in total. The standard InChI is InChI=1S/C20H19BrN4/c1-13-11-16(9-10-17(13)21)22-19-12-18(14-5-3-2-4-6-14)24-20(25-19)23-15-7-8-15/h2-6,9-12,15H,7-8H2,1H3,(H2,22,23,24,25). The third kappa shape index (κ3) is 3.99. The molecule has 0 atom stereocenters. The summed E-state index contributed by atoms with van der Waals surface area (Å²) in [6.45, 7) is 2.07. The van der Waals surface area contributed by atoms with Crippen molar-refractivity contribution >= 4 is 33.4 Å². The molecular formula is C20H19BrN4. The number of hydrogen-bond donors (Lipinski definition) is 2. The maximum absolute atomic E-state index is 4.69. The first-order valence-electron chi connectivity index (χ1n) is 8.41. The van der Waals surface area contributed by atoms with E-state index in [1.54, 1.807) is 0 Å².